The van der Waals surface area contributed by atoms with Crippen molar-refractivity contribution in [2.24, 2.45) is 0 Å². The van der Waals surface area contributed by atoms with E-state index >= 15 is 0 Å². The van der Waals surface area contributed by atoms with Gasteiger partial charge in [-0.25, -0.2) is 14.1 Å². The molecular formula is C31H38N5O8P. The fourth-order valence-electron chi connectivity index (χ4n) is 5.95. The maximum atomic E-state index is 14.4. The number of rotatable bonds is 10. The number of aromatic nitrogens is 3. The smallest absolute Gasteiger partial charge is 0.459 e. The molecule has 6 rings (SSSR count). The molecule has 2 aromatic heterocycles. The SMILES string of the molecule is C[C@H](NP(=O)(OC[C@@]1(C)O[C@@H](c2ccc3c(N)ncnn23)[C@H](O)[C@@H]1O)Oc1cccc2ccccc12)C(=O)OC1CCCCC1. The van der Waals surface area contributed by atoms with Crippen molar-refractivity contribution in [3.63, 3.8) is 0 Å². The molecule has 1 aliphatic heterocycles. The third-order valence-corrected chi connectivity index (χ3v) is 10.1. The molecule has 3 heterocycles. The monoisotopic (exact) mass is 639 g/mol. The number of nitrogens with one attached hydrogen (secondary N) is 1. The first-order chi connectivity index (χ1) is 21.6. The number of benzene rings is 2. The standard InChI is InChI=1S/C31H38N5O8P/c1-19(30(39)42-21-11-4-3-5-12-21)35-45(40,44-25-14-8-10-20-9-6-7-13-22(20)25)41-17-31(2)28(38)26(37)27(43-31)23-15-16-24-29(32)33-18-34-36(23)24/h6-10,13-16,18-19,21,26-28,37-38H,3-5,11-12,17H2,1-2H3,(H,35,40)(H2,32,33,34)/t19-,26-,27-,28-,31+,45?/m0/s1. The highest BCUT2D eigenvalue weighted by Crippen LogP contribution is 2.49. The quantitative estimate of drug-likeness (QED) is 0.145. The van der Waals surface area contributed by atoms with Crippen LogP contribution in [-0.4, -0.2) is 67.3 Å². The third kappa shape index (κ3) is 6.42. The minimum Gasteiger partial charge on any atom is -0.461 e. The maximum absolute atomic E-state index is 14.4. The molecule has 1 unspecified atom stereocenters. The van der Waals surface area contributed by atoms with Crippen LogP contribution in [0.15, 0.2) is 60.9 Å². The number of esters is 1. The summed E-state index contributed by atoms with van der Waals surface area (Å²) in [6.07, 6.45) is 1.86. The first-order valence-corrected chi connectivity index (χ1v) is 16.6. The van der Waals surface area contributed by atoms with Gasteiger partial charge in [0, 0.05) is 5.39 Å². The van der Waals surface area contributed by atoms with E-state index in [1.165, 1.54) is 24.7 Å². The number of carbonyl (C=O) groups excluding carboxylic acids is 1. The van der Waals surface area contributed by atoms with Gasteiger partial charge in [0.1, 0.15) is 53.7 Å². The van der Waals surface area contributed by atoms with Crippen LogP contribution in [0, 0.1) is 0 Å². The van der Waals surface area contributed by atoms with Crippen LogP contribution in [0.1, 0.15) is 57.7 Å². The molecule has 0 spiro atoms. The highest BCUT2D eigenvalue weighted by molar-refractivity contribution is 7.52. The van der Waals surface area contributed by atoms with Gasteiger partial charge in [-0.1, -0.05) is 42.8 Å². The van der Waals surface area contributed by atoms with E-state index in [0.29, 0.717) is 16.6 Å². The summed E-state index contributed by atoms with van der Waals surface area (Å²) in [5.74, 6) is -0.0683. The summed E-state index contributed by atoms with van der Waals surface area (Å²) < 4.78 is 39.8. The molecule has 4 aromatic rings. The predicted octanol–water partition coefficient (Wildman–Crippen LogP) is 4.07. The third-order valence-electron chi connectivity index (χ3n) is 8.49. The molecule has 1 aliphatic carbocycles. The van der Waals surface area contributed by atoms with Crippen LogP contribution in [-0.2, 0) is 23.4 Å². The molecule has 0 radical (unpaired) electrons. The Hall–Kier alpha value is -3.58. The highest BCUT2D eigenvalue weighted by Gasteiger charge is 2.54. The van der Waals surface area contributed by atoms with Crippen molar-refractivity contribution >= 4 is 35.8 Å². The first-order valence-electron chi connectivity index (χ1n) is 15.1. The van der Waals surface area contributed by atoms with E-state index in [1.807, 2.05) is 30.3 Å². The molecule has 2 fully saturated rings. The van der Waals surface area contributed by atoms with Gasteiger partial charge in [-0.05, 0) is 63.1 Å². The minimum absolute atomic E-state index is 0.195. The Kier molecular flexibility index (Phi) is 8.84. The zero-order valence-corrected chi connectivity index (χ0v) is 26.0. The average Bonchev–Trinajstić information content (AvgIpc) is 3.56. The molecule has 14 heteroatoms. The number of ether oxygens (including phenoxy) is 2. The second-order valence-corrected chi connectivity index (χ2v) is 13.6. The van der Waals surface area contributed by atoms with E-state index in [1.54, 1.807) is 24.3 Å². The molecule has 1 saturated heterocycles. The summed E-state index contributed by atoms with van der Waals surface area (Å²) in [6, 6.07) is 15.0. The molecule has 13 nitrogen and oxygen atoms in total. The number of aliphatic hydroxyl groups excluding tert-OH is 2. The maximum Gasteiger partial charge on any atom is 0.459 e. The Bertz CT molecular complexity index is 1720. The van der Waals surface area contributed by atoms with Crippen LogP contribution in [0.5, 0.6) is 5.75 Å². The summed E-state index contributed by atoms with van der Waals surface area (Å²) in [5, 5.41) is 30.7. The first kappa shape index (κ1) is 31.4. The Morgan fingerprint density at radius 2 is 1.91 bits per heavy atom. The molecule has 5 N–H and O–H groups in total. The van der Waals surface area contributed by atoms with Crippen molar-refractivity contribution in [3.05, 3.63) is 66.6 Å². The van der Waals surface area contributed by atoms with Crippen molar-refractivity contribution in [2.75, 3.05) is 12.3 Å². The largest absolute Gasteiger partial charge is 0.461 e. The molecule has 2 aliphatic rings. The summed E-state index contributed by atoms with van der Waals surface area (Å²) >= 11 is 0. The Morgan fingerprint density at radius 3 is 2.71 bits per heavy atom. The molecular weight excluding hydrogens is 601 g/mol. The van der Waals surface area contributed by atoms with Crippen LogP contribution < -0.4 is 15.3 Å². The fraction of sp³-hybridized carbons (Fsp3) is 0.452. The lowest BCUT2D eigenvalue weighted by Gasteiger charge is -2.31. The van der Waals surface area contributed by atoms with Gasteiger partial charge < -0.3 is 29.9 Å². The molecule has 1 saturated carbocycles. The molecule has 6 atom stereocenters. The average molecular weight is 640 g/mol. The van der Waals surface area contributed by atoms with E-state index in [2.05, 4.69) is 15.2 Å². The normalized spacial score (nSPS) is 26.1. The molecule has 45 heavy (non-hydrogen) atoms. The van der Waals surface area contributed by atoms with Crippen LogP contribution >= 0.6 is 7.75 Å². The summed E-state index contributed by atoms with van der Waals surface area (Å²) in [4.78, 5) is 17.0. The van der Waals surface area contributed by atoms with Gasteiger partial charge in [-0.3, -0.25) is 9.32 Å². The topological polar surface area (TPSA) is 180 Å². The number of hydrogen-bond donors (Lipinski definition) is 4. The van der Waals surface area contributed by atoms with Crippen molar-refractivity contribution < 1.29 is 38.1 Å². The number of aliphatic hydroxyl groups is 2. The predicted molar refractivity (Wildman–Crippen MR) is 165 cm³/mol. The number of nitrogens with two attached hydrogens (primary N) is 1. The molecule has 2 aromatic carbocycles. The lowest BCUT2D eigenvalue weighted by molar-refractivity contribution is -0.152. The van der Waals surface area contributed by atoms with Crippen LogP contribution in [0.3, 0.4) is 0 Å². The molecule has 240 valence electrons. The second-order valence-electron chi connectivity index (χ2n) is 11.9. The number of carbonyl (C=O) groups is 1. The van der Waals surface area contributed by atoms with Gasteiger partial charge in [0.25, 0.3) is 0 Å². The van der Waals surface area contributed by atoms with Crippen molar-refractivity contribution in [1.29, 1.82) is 0 Å². The number of fused-ring (bicyclic) bond motifs is 2. The lowest BCUT2D eigenvalue weighted by Crippen LogP contribution is -2.45. The summed E-state index contributed by atoms with van der Waals surface area (Å²) in [5.41, 5.74) is 5.36. The van der Waals surface area contributed by atoms with Gasteiger partial charge in [0.15, 0.2) is 5.82 Å². The zero-order chi connectivity index (χ0) is 31.8. The second kappa shape index (κ2) is 12.7. The summed E-state index contributed by atoms with van der Waals surface area (Å²) in [7, 11) is -4.34. The minimum atomic E-state index is -4.34. The summed E-state index contributed by atoms with van der Waals surface area (Å²) in [6.45, 7) is 2.59. The number of nitrogen functional groups attached to an aromatic ring is 1. The van der Waals surface area contributed by atoms with E-state index in [9.17, 15) is 19.6 Å². The molecule has 0 bridgehead atoms. The Morgan fingerprint density at radius 1 is 1.16 bits per heavy atom. The van der Waals surface area contributed by atoms with Crippen molar-refractivity contribution in [2.45, 2.75) is 82.0 Å². The van der Waals surface area contributed by atoms with Crippen LogP contribution in [0.25, 0.3) is 16.3 Å². The van der Waals surface area contributed by atoms with E-state index in [-0.39, 0.29) is 17.7 Å². The van der Waals surface area contributed by atoms with Gasteiger partial charge >= 0.3 is 13.7 Å². The van der Waals surface area contributed by atoms with E-state index < -0.39 is 50.3 Å². The van der Waals surface area contributed by atoms with Gasteiger partial charge in [-0.15, -0.1) is 0 Å². The van der Waals surface area contributed by atoms with E-state index in [4.69, 9.17) is 24.3 Å². The lowest BCUT2D eigenvalue weighted by atomic mass is 9.97. The number of hydrogen-bond acceptors (Lipinski definition) is 11. The number of nitrogens with zero attached hydrogens (tertiary/aromatic N) is 3. The van der Waals surface area contributed by atoms with Crippen molar-refractivity contribution in [3.8, 4) is 5.75 Å². The molecule has 0 amide bonds. The van der Waals surface area contributed by atoms with Gasteiger partial charge in [0.05, 0.1) is 12.3 Å². The van der Waals surface area contributed by atoms with Crippen LogP contribution in [0.4, 0.5) is 5.82 Å². The van der Waals surface area contributed by atoms with Crippen molar-refractivity contribution in [1.82, 2.24) is 19.7 Å². The van der Waals surface area contributed by atoms with E-state index in [0.717, 1.165) is 37.5 Å². The van der Waals surface area contributed by atoms with Gasteiger partial charge in [0.2, 0.25) is 0 Å². The van der Waals surface area contributed by atoms with Crippen LogP contribution in [0.2, 0.25) is 0 Å². The Balaban J connectivity index is 1.24. The van der Waals surface area contributed by atoms with Gasteiger partial charge in [-0.2, -0.15) is 10.2 Å². The Labute approximate surface area is 260 Å². The zero-order valence-electron chi connectivity index (χ0n) is 25.1. The highest BCUT2D eigenvalue weighted by atomic mass is 31.2. The fourth-order valence-corrected chi connectivity index (χ4v) is 7.55. The number of anilines is 1.